The molecule has 1 aromatic carbocycles. The predicted molar refractivity (Wildman–Crippen MR) is 146 cm³/mol. The molecule has 3 N–H and O–H groups in total. The minimum atomic E-state index is -3.44. The van der Waals surface area contributed by atoms with Crippen LogP contribution in [0, 0.1) is 5.82 Å². The molecule has 0 aliphatic carbocycles. The van der Waals surface area contributed by atoms with Crippen LogP contribution >= 0.6 is 0 Å². The largest absolute Gasteiger partial charge is 0.336 e. The normalized spacial score (nSPS) is 12.7. The highest BCUT2D eigenvalue weighted by atomic mass is 32.2. The van der Waals surface area contributed by atoms with Gasteiger partial charge in [0.25, 0.3) is 0 Å². The van der Waals surface area contributed by atoms with Crippen molar-refractivity contribution >= 4 is 50.6 Å². The Kier molecular flexibility index (Phi) is 6.61. The molecular formula is C25H22FN9O2S. The second-order valence-electron chi connectivity index (χ2n) is 8.53. The quantitative estimate of drug-likeness (QED) is 0.204. The van der Waals surface area contributed by atoms with Gasteiger partial charge in [-0.1, -0.05) is 0 Å². The molecule has 38 heavy (non-hydrogen) atoms. The van der Waals surface area contributed by atoms with E-state index in [0.717, 1.165) is 22.7 Å². The van der Waals surface area contributed by atoms with E-state index in [1.54, 1.807) is 30.7 Å². The van der Waals surface area contributed by atoms with Crippen molar-refractivity contribution < 1.29 is 12.8 Å². The van der Waals surface area contributed by atoms with Crippen LogP contribution in [-0.4, -0.2) is 57.9 Å². The van der Waals surface area contributed by atoms with E-state index < -0.39 is 15.8 Å². The van der Waals surface area contributed by atoms with Gasteiger partial charge < -0.3 is 4.98 Å². The van der Waals surface area contributed by atoms with Gasteiger partial charge in [-0.15, -0.1) is 0 Å². The van der Waals surface area contributed by atoms with Gasteiger partial charge in [0.15, 0.2) is 5.82 Å². The highest BCUT2D eigenvalue weighted by Gasteiger charge is 2.17. The molecule has 0 aliphatic rings. The Morgan fingerprint density at radius 1 is 1.18 bits per heavy atom. The van der Waals surface area contributed by atoms with E-state index in [-0.39, 0.29) is 6.54 Å². The number of aliphatic imine (C=N–C) groups is 2. The number of hydrogen-bond donors (Lipinski definition) is 3. The van der Waals surface area contributed by atoms with Crippen LogP contribution in [0.1, 0.15) is 18.2 Å². The number of hydrogen-bond acceptors (Lipinski definition) is 7. The number of allylic oxidation sites excluding steroid dienone is 1. The van der Waals surface area contributed by atoms with Crippen LogP contribution in [0.15, 0.2) is 58.9 Å². The molecule has 5 rings (SSSR count). The molecule has 0 bridgehead atoms. The van der Waals surface area contributed by atoms with Crippen LogP contribution in [0.3, 0.4) is 0 Å². The number of aromatic nitrogens is 6. The number of halogens is 1. The molecule has 0 unspecified atom stereocenters. The second kappa shape index (κ2) is 10.0. The van der Waals surface area contributed by atoms with E-state index in [9.17, 15) is 12.8 Å². The third kappa shape index (κ3) is 5.23. The number of fused-ring (bicyclic) bond motifs is 2. The number of sulfonamides is 1. The van der Waals surface area contributed by atoms with Crippen LogP contribution in [0.25, 0.3) is 50.3 Å². The molecule has 0 amide bonds. The Hall–Kier alpha value is -4.62. The summed E-state index contributed by atoms with van der Waals surface area (Å²) in [5, 5.41) is 8.20. The van der Waals surface area contributed by atoms with Gasteiger partial charge in [0, 0.05) is 29.9 Å². The van der Waals surface area contributed by atoms with Crippen molar-refractivity contribution in [2.24, 2.45) is 9.98 Å². The molecule has 0 fully saturated rings. The van der Waals surface area contributed by atoms with Gasteiger partial charge in [-0.05, 0) is 55.1 Å². The van der Waals surface area contributed by atoms with Crippen molar-refractivity contribution in [1.82, 2.24) is 34.9 Å². The summed E-state index contributed by atoms with van der Waals surface area (Å²) in [5.41, 5.74) is 5.38. The van der Waals surface area contributed by atoms with Crippen molar-refractivity contribution in [3.8, 4) is 22.8 Å². The zero-order chi connectivity index (χ0) is 26.9. The number of imidazole rings is 1. The standard InChI is InChI=1S/C25H22FN9O2S/c1-14(10-28-13-27-2)20-9-18-21(12-30-20)34-35-23(18)25-32-19-4-5-29-22(24(19)33-25)16-6-15(7-17(26)8-16)11-31-38(3,36)37/h4-10,12-13,31H,2,11H2,1,3H3,(H,32,33)(H,34,35)/b14-10+,28-13-. The van der Waals surface area contributed by atoms with Crippen LogP contribution in [-0.2, 0) is 16.6 Å². The van der Waals surface area contributed by atoms with Crippen LogP contribution in [0.4, 0.5) is 4.39 Å². The van der Waals surface area contributed by atoms with Crippen LogP contribution in [0.2, 0.25) is 0 Å². The first kappa shape index (κ1) is 25.0. The van der Waals surface area contributed by atoms with E-state index >= 15 is 0 Å². The Balaban J connectivity index is 1.57. The van der Waals surface area contributed by atoms with E-state index in [2.05, 4.69) is 46.6 Å². The van der Waals surface area contributed by atoms with Gasteiger partial charge in [0.1, 0.15) is 23.4 Å². The Bertz CT molecular complexity index is 1860. The molecule has 5 aromatic rings. The molecular weight excluding hydrogens is 509 g/mol. The molecule has 0 saturated carbocycles. The summed E-state index contributed by atoms with van der Waals surface area (Å²) in [4.78, 5) is 24.6. The number of benzene rings is 1. The fourth-order valence-electron chi connectivity index (χ4n) is 3.93. The van der Waals surface area contributed by atoms with Gasteiger partial charge in [0.2, 0.25) is 10.0 Å². The first-order valence-electron chi connectivity index (χ1n) is 11.3. The lowest BCUT2D eigenvalue weighted by Crippen LogP contribution is -2.21. The van der Waals surface area contributed by atoms with Gasteiger partial charge in [-0.25, -0.2) is 27.5 Å². The summed E-state index contributed by atoms with van der Waals surface area (Å²) in [5.74, 6) is -0.0270. The summed E-state index contributed by atoms with van der Waals surface area (Å²) in [6.45, 7) is 5.19. The molecule has 192 valence electrons. The lowest BCUT2D eigenvalue weighted by Gasteiger charge is -2.07. The lowest BCUT2D eigenvalue weighted by molar-refractivity contribution is 0.586. The highest BCUT2D eigenvalue weighted by Crippen LogP contribution is 2.31. The molecule has 0 radical (unpaired) electrons. The Morgan fingerprint density at radius 2 is 2.03 bits per heavy atom. The maximum absolute atomic E-state index is 14.5. The van der Waals surface area contributed by atoms with Crippen molar-refractivity contribution in [2.75, 3.05) is 6.26 Å². The molecule has 0 saturated heterocycles. The Morgan fingerprint density at radius 3 is 2.82 bits per heavy atom. The maximum atomic E-state index is 14.5. The number of pyridine rings is 2. The van der Waals surface area contributed by atoms with Gasteiger partial charge in [0.05, 0.1) is 34.9 Å². The topological polar surface area (TPSA) is 154 Å². The molecule has 0 atom stereocenters. The summed E-state index contributed by atoms with van der Waals surface area (Å²) < 4.78 is 39.8. The lowest BCUT2D eigenvalue weighted by atomic mass is 10.1. The van der Waals surface area contributed by atoms with E-state index in [4.69, 9.17) is 4.98 Å². The fraction of sp³-hybridized carbons (Fsp3) is 0.120. The van der Waals surface area contributed by atoms with Gasteiger partial charge >= 0.3 is 0 Å². The van der Waals surface area contributed by atoms with Crippen molar-refractivity contribution in [3.63, 3.8) is 0 Å². The molecule has 4 heterocycles. The third-order valence-electron chi connectivity index (χ3n) is 5.66. The zero-order valence-electron chi connectivity index (χ0n) is 20.4. The average Bonchev–Trinajstić information content (AvgIpc) is 3.50. The maximum Gasteiger partial charge on any atom is 0.209 e. The van der Waals surface area contributed by atoms with E-state index in [1.165, 1.54) is 18.5 Å². The smallest absolute Gasteiger partial charge is 0.209 e. The molecule has 0 aliphatic heterocycles. The number of aromatic amines is 2. The first-order valence-corrected chi connectivity index (χ1v) is 13.2. The minimum absolute atomic E-state index is 0.0513. The molecule has 11 nitrogen and oxygen atoms in total. The van der Waals surface area contributed by atoms with Crippen molar-refractivity contribution in [3.05, 3.63) is 66.0 Å². The Labute approximate surface area is 216 Å². The summed E-state index contributed by atoms with van der Waals surface area (Å²) in [6, 6.07) is 7.94. The molecule has 4 aromatic heterocycles. The first-order chi connectivity index (χ1) is 18.2. The number of nitrogens with one attached hydrogen (secondary N) is 3. The second-order valence-corrected chi connectivity index (χ2v) is 10.4. The summed E-state index contributed by atoms with van der Waals surface area (Å²) >= 11 is 0. The summed E-state index contributed by atoms with van der Waals surface area (Å²) in [6.07, 6.45) is 7.30. The van der Waals surface area contributed by atoms with Crippen molar-refractivity contribution in [1.29, 1.82) is 0 Å². The van der Waals surface area contributed by atoms with Gasteiger partial charge in [-0.3, -0.25) is 20.1 Å². The highest BCUT2D eigenvalue weighted by molar-refractivity contribution is 7.88. The molecule has 13 heteroatoms. The fourth-order valence-corrected chi connectivity index (χ4v) is 4.36. The average molecular weight is 532 g/mol. The van der Waals surface area contributed by atoms with Crippen molar-refractivity contribution in [2.45, 2.75) is 13.5 Å². The number of H-pyrrole nitrogens is 2. The SMILES string of the molecule is C=N/C=N\C=C(/C)c1cc2c(-c3nc4c(-c5cc(F)cc(CNS(C)(=O)=O)c5)nccc4[nH]3)n[nH]c2cn1. The van der Waals surface area contributed by atoms with Crippen LogP contribution < -0.4 is 4.72 Å². The van der Waals surface area contributed by atoms with Crippen LogP contribution in [0.5, 0.6) is 0 Å². The van der Waals surface area contributed by atoms with Gasteiger partial charge in [-0.2, -0.15) is 5.10 Å². The predicted octanol–water partition coefficient (Wildman–Crippen LogP) is 3.84. The number of nitrogens with zero attached hydrogens (tertiary/aromatic N) is 6. The number of rotatable bonds is 8. The van der Waals surface area contributed by atoms with E-state index in [1.807, 2.05) is 13.0 Å². The minimum Gasteiger partial charge on any atom is -0.336 e. The third-order valence-corrected chi connectivity index (χ3v) is 6.33. The monoisotopic (exact) mass is 531 g/mol. The zero-order valence-corrected chi connectivity index (χ0v) is 21.2. The summed E-state index contributed by atoms with van der Waals surface area (Å²) in [7, 11) is -3.44. The van der Waals surface area contributed by atoms with E-state index in [0.29, 0.717) is 45.1 Å². The molecule has 0 spiro atoms.